The van der Waals surface area contributed by atoms with Gasteiger partial charge in [-0.15, -0.1) is 0 Å². The molecule has 1 aromatic heterocycles. The van der Waals surface area contributed by atoms with Gasteiger partial charge >= 0.3 is 0 Å². The molecule has 0 saturated carbocycles. The van der Waals surface area contributed by atoms with E-state index in [1.54, 1.807) is 19.1 Å². The molecule has 3 nitrogen and oxygen atoms in total. The lowest BCUT2D eigenvalue weighted by Gasteiger charge is -2.20. The Morgan fingerprint density at radius 2 is 1.80 bits per heavy atom. The van der Waals surface area contributed by atoms with Crippen LogP contribution in [0.1, 0.15) is 23.2 Å². The smallest absolute Gasteiger partial charge is 0.248 e. The van der Waals surface area contributed by atoms with Gasteiger partial charge in [0.15, 0.2) is 0 Å². The molecule has 0 spiro atoms. The van der Waals surface area contributed by atoms with Crippen LogP contribution in [0.5, 0.6) is 0 Å². The average Bonchev–Trinajstić information content (AvgIpc) is 3.07. The Morgan fingerprint density at radius 3 is 2.40 bits per heavy atom. The Kier molecular flexibility index (Phi) is 4.76. The highest BCUT2D eigenvalue weighted by molar-refractivity contribution is 5.85. The number of aromatic nitrogens is 1. The number of carbonyl (C=O) groups is 1. The van der Waals surface area contributed by atoms with E-state index in [0.717, 1.165) is 16.3 Å². The van der Waals surface area contributed by atoms with Crippen LogP contribution in [0, 0.1) is 11.6 Å². The number of hydrogen-bond acceptors (Lipinski definition) is 2. The molecule has 0 aliphatic heterocycles. The van der Waals surface area contributed by atoms with E-state index in [1.807, 2.05) is 30.3 Å². The summed E-state index contributed by atoms with van der Waals surface area (Å²) in [7, 11) is 0. The second-order valence-electron chi connectivity index (χ2n) is 5.99. The molecule has 0 aliphatic carbocycles. The summed E-state index contributed by atoms with van der Waals surface area (Å²) in [5.41, 5.74) is 7.90. The van der Waals surface area contributed by atoms with Crippen LogP contribution in [0.3, 0.4) is 0 Å². The normalized spacial score (nSPS) is 13.4. The molecule has 0 fully saturated rings. The van der Waals surface area contributed by atoms with Crippen LogP contribution in [0.25, 0.3) is 11.1 Å². The van der Waals surface area contributed by atoms with Crippen LogP contribution in [0.4, 0.5) is 8.78 Å². The number of nitrogens with two attached hydrogens (primary N) is 1. The maximum absolute atomic E-state index is 14.5. The first-order valence-electron chi connectivity index (χ1n) is 7.95. The first-order valence-corrected chi connectivity index (χ1v) is 7.95. The van der Waals surface area contributed by atoms with E-state index >= 15 is 0 Å². The topological polar surface area (TPSA) is 48.0 Å². The van der Waals surface area contributed by atoms with Crippen LogP contribution < -0.4 is 5.73 Å². The number of nitrogens with zero attached hydrogens (tertiary/aromatic N) is 1. The number of hydrogen-bond donors (Lipinski definition) is 1. The molecule has 0 radical (unpaired) electrons. The summed E-state index contributed by atoms with van der Waals surface area (Å²) >= 11 is 0. The molecule has 2 N–H and O–H groups in total. The van der Waals surface area contributed by atoms with E-state index in [1.165, 1.54) is 18.3 Å². The lowest BCUT2D eigenvalue weighted by molar-refractivity contribution is 0.0868. The van der Waals surface area contributed by atoms with Crippen molar-refractivity contribution in [2.24, 2.45) is 5.73 Å². The van der Waals surface area contributed by atoms with E-state index in [4.69, 9.17) is 5.73 Å². The van der Waals surface area contributed by atoms with Crippen molar-refractivity contribution in [1.29, 1.82) is 0 Å². The maximum atomic E-state index is 14.5. The van der Waals surface area contributed by atoms with Gasteiger partial charge in [-0.1, -0.05) is 49.4 Å². The summed E-state index contributed by atoms with van der Waals surface area (Å²) in [6.07, 6.45) is 2.40. The summed E-state index contributed by atoms with van der Waals surface area (Å²) < 4.78 is 28.7. The third-order valence-electron chi connectivity index (χ3n) is 4.34. The van der Waals surface area contributed by atoms with Gasteiger partial charge in [-0.05, 0) is 23.3 Å². The van der Waals surface area contributed by atoms with Crippen molar-refractivity contribution < 1.29 is 13.6 Å². The lowest BCUT2D eigenvalue weighted by Crippen LogP contribution is -2.38. The number of benzene rings is 2. The van der Waals surface area contributed by atoms with Crippen molar-refractivity contribution in [1.82, 2.24) is 4.57 Å². The van der Waals surface area contributed by atoms with Crippen LogP contribution >= 0.6 is 0 Å². The standard InChI is InChI=1S/C20H18F2N2O/c1-13(19(23)20(25)24-10-9-16(21)12-24)15-7-8-17(18(22)11-15)14-5-3-2-4-6-14/h2-13,19H,23H2,1H3/t13-,19-/m0/s1. The summed E-state index contributed by atoms with van der Waals surface area (Å²) in [6.45, 7) is 1.75. The third kappa shape index (κ3) is 3.51. The van der Waals surface area contributed by atoms with Gasteiger partial charge in [-0.25, -0.2) is 8.78 Å². The molecular formula is C20H18F2N2O. The van der Waals surface area contributed by atoms with E-state index in [-0.39, 0.29) is 5.82 Å². The highest BCUT2D eigenvalue weighted by Gasteiger charge is 2.24. The number of rotatable bonds is 4. The monoisotopic (exact) mass is 340 g/mol. The first kappa shape index (κ1) is 17.0. The van der Waals surface area contributed by atoms with Crippen molar-refractivity contribution in [3.8, 4) is 11.1 Å². The Morgan fingerprint density at radius 1 is 1.08 bits per heavy atom. The quantitative estimate of drug-likeness (QED) is 0.773. The Labute approximate surface area is 144 Å². The second-order valence-corrected chi connectivity index (χ2v) is 5.99. The minimum absolute atomic E-state index is 0.373. The molecule has 5 heteroatoms. The van der Waals surface area contributed by atoms with E-state index in [0.29, 0.717) is 11.1 Å². The van der Waals surface area contributed by atoms with Crippen LogP contribution in [-0.2, 0) is 0 Å². The zero-order chi connectivity index (χ0) is 18.0. The molecule has 2 atom stereocenters. The van der Waals surface area contributed by atoms with Gasteiger partial charge in [0.25, 0.3) is 0 Å². The Bertz CT molecular complexity index is 890. The number of carbonyl (C=O) groups excluding carboxylic acids is 1. The van der Waals surface area contributed by atoms with Gasteiger partial charge < -0.3 is 5.73 Å². The minimum atomic E-state index is -0.909. The van der Waals surface area contributed by atoms with Crippen molar-refractivity contribution in [3.63, 3.8) is 0 Å². The molecule has 0 aliphatic rings. The second kappa shape index (κ2) is 6.99. The molecule has 0 unspecified atom stereocenters. The molecule has 3 rings (SSSR count). The summed E-state index contributed by atoms with van der Waals surface area (Å²) in [5.74, 6) is -1.74. The molecule has 25 heavy (non-hydrogen) atoms. The van der Waals surface area contributed by atoms with Gasteiger partial charge in [-0.3, -0.25) is 9.36 Å². The van der Waals surface area contributed by atoms with Gasteiger partial charge in [-0.2, -0.15) is 0 Å². The Hall–Kier alpha value is -2.79. The summed E-state index contributed by atoms with van der Waals surface area (Å²) in [4.78, 5) is 12.3. The highest BCUT2D eigenvalue weighted by atomic mass is 19.1. The summed E-state index contributed by atoms with van der Waals surface area (Å²) in [6, 6.07) is 14.3. The molecular weight excluding hydrogens is 322 g/mol. The van der Waals surface area contributed by atoms with Crippen molar-refractivity contribution in [2.45, 2.75) is 18.9 Å². The molecule has 2 aromatic carbocycles. The molecule has 0 saturated heterocycles. The van der Waals surface area contributed by atoms with E-state index in [2.05, 4.69) is 0 Å². The van der Waals surface area contributed by atoms with Crippen molar-refractivity contribution in [2.75, 3.05) is 0 Å². The van der Waals surface area contributed by atoms with Crippen LogP contribution in [0.2, 0.25) is 0 Å². The molecule has 3 aromatic rings. The van der Waals surface area contributed by atoms with E-state index < -0.39 is 23.7 Å². The fraction of sp³-hybridized carbons (Fsp3) is 0.150. The third-order valence-corrected chi connectivity index (χ3v) is 4.34. The van der Waals surface area contributed by atoms with E-state index in [9.17, 15) is 13.6 Å². The van der Waals surface area contributed by atoms with Crippen molar-refractivity contribution >= 4 is 5.91 Å². The largest absolute Gasteiger partial charge is 0.319 e. The van der Waals surface area contributed by atoms with Crippen LogP contribution in [0.15, 0.2) is 67.0 Å². The minimum Gasteiger partial charge on any atom is -0.319 e. The fourth-order valence-electron chi connectivity index (χ4n) is 2.77. The molecule has 128 valence electrons. The average molecular weight is 340 g/mol. The van der Waals surface area contributed by atoms with Crippen LogP contribution in [-0.4, -0.2) is 16.5 Å². The van der Waals surface area contributed by atoms with Gasteiger partial charge in [0, 0.05) is 23.9 Å². The summed E-state index contributed by atoms with van der Waals surface area (Å²) in [5, 5.41) is 0. The lowest BCUT2D eigenvalue weighted by atomic mass is 9.91. The van der Waals surface area contributed by atoms with Gasteiger partial charge in [0.05, 0.1) is 6.04 Å². The van der Waals surface area contributed by atoms with Crippen molar-refractivity contribution in [3.05, 3.63) is 84.2 Å². The zero-order valence-electron chi connectivity index (χ0n) is 13.7. The predicted octanol–water partition coefficient (Wildman–Crippen LogP) is 4.20. The maximum Gasteiger partial charge on any atom is 0.248 e. The van der Waals surface area contributed by atoms with Gasteiger partial charge in [0.2, 0.25) is 5.91 Å². The predicted molar refractivity (Wildman–Crippen MR) is 93.2 cm³/mol. The van der Waals surface area contributed by atoms with Gasteiger partial charge in [0.1, 0.15) is 11.6 Å². The fourth-order valence-corrected chi connectivity index (χ4v) is 2.77. The highest BCUT2D eigenvalue weighted by Crippen LogP contribution is 2.27. The Balaban J connectivity index is 1.84. The molecule has 0 amide bonds. The SMILES string of the molecule is C[C@@H](c1ccc(-c2ccccc2)c(F)c1)[C@H](N)C(=O)n1ccc(F)c1. The first-order chi connectivity index (χ1) is 12.0. The molecule has 0 bridgehead atoms. The molecule has 1 heterocycles. The zero-order valence-corrected chi connectivity index (χ0v) is 13.7. The number of halogens is 2.